The van der Waals surface area contributed by atoms with E-state index in [1.54, 1.807) is 19.1 Å². The molecule has 2 aliphatic rings. The summed E-state index contributed by atoms with van der Waals surface area (Å²) in [4.78, 5) is 9.81. The summed E-state index contributed by atoms with van der Waals surface area (Å²) in [6.07, 6.45) is 0.0582. The Hall–Kier alpha value is -2.96. The molecule has 0 spiro atoms. The van der Waals surface area contributed by atoms with E-state index in [-0.39, 0.29) is 6.17 Å². The molecule has 2 heterocycles. The molecule has 176 valence electrons. The van der Waals surface area contributed by atoms with Gasteiger partial charge >= 0.3 is 0 Å². The molecule has 2 aliphatic heterocycles. The lowest BCUT2D eigenvalue weighted by atomic mass is 9.99. The van der Waals surface area contributed by atoms with E-state index in [9.17, 15) is 0 Å². The predicted molar refractivity (Wildman–Crippen MR) is 145 cm³/mol. The lowest BCUT2D eigenvalue weighted by Crippen LogP contribution is -2.44. The quantitative estimate of drug-likeness (QED) is 0.446. The second-order valence-electron chi connectivity index (χ2n) is 9.03. The smallest absolute Gasteiger partial charge is 0.142 e. The maximum absolute atomic E-state index is 5.71. The van der Waals surface area contributed by atoms with Gasteiger partial charge in [-0.2, -0.15) is 0 Å². The molecule has 0 radical (unpaired) electrons. The molecule has 1 unspecified atom stereocenters. The number of aliphatic imine (C=N–C) groups is 1. The molecule has 3 aromatic carbocycles. The van der Waals surface area contributed by atoms with Crippen molar-refractivity contribution in [1.82, 2.24) is 4.90 Å². The van der Waals surface area contributed by atoms with Crippen molar-refractivity contribution >= 4 is 28.4 Å². The SMILES string of the molecule is COc1ccc(N2SC(c3ccc(-c4ccccc4)c(C)c3)=NC2C)cc1N1CCN(C)CC1. The van der Waals surface area contributed by atoms with Crippen molar-refractivity contribution < 1.29 is 4.74 Å². The molecule has 1 saturated heterocycles. The van der Waals surface area contributed by atoms with E-state index < -0.39 is 0 Å². The first-order chi connectivity index (χ1) is 16.5. The van der Waals surface area contributed by atoms with Crippen molar-refractivity contribution in [2.24, 2.45) is 4.99 Å². The second kappa shape index (κ2) is 9.72. The molecule has 5 rings (SSSR count). The number of hydrogen-bond donors (Lipinski definition) is 0. The fourth-order valence-electron chi connectivity index (χ4n) is 4.66. The third-order valence-corrected chi connectivity index (χ3v) is 7.87. The summed E-state index contributed by atoms with van der Waals surface area (Å²) in [6.45, 7) is 8.48. The van der Waals surface area contributed by atoms with E-state index in [0.29, 0.717) is 0 Å². The Morgan fingerprint density at radius 3 is 2.38 bits per heavy atom. The van der Waals surface area contributed by atoms with Crippen LogP contribution in [0.5, 0.6) is 5.75 Å². The molecule has 1 fully saturated rings. The Kier molecular flexibility index (Phi) is 6.53. The summed E-state index contributed by atoms with van der Waals surface area (Å²) < 4.78 is 8.01. The molecule has 6 heteroatoms. The van der Waals surface area contributed by atoms with Gasteiger partial charge in [0.15, 0.2) is 0 Å². The van der Waals surface area contributed by atoms with Crippen molar-refractivity contribution in [3.63, 3.8) is 0 Å². The minimum absolute atomic E-state index is 0.0582. The highest BCUT2D eigenvalue weighted by Crippen LogP contribution is 2.40. The third-order valence-electron chi connectivity index (χ3n) is 6.65. The van der Waals surface area contributed by atoms with Crippen molar-refractivity contribution in [1.29, 1.82) is 0 Å². The molecular weight excluding hydrogens is 440 g/mol. The number of hydrogen-bond acceptors (Lipinski definition) is 6. The van der Waals surface area contributed by atoms with Crippen molar-refractivity contribution in [2.75, 3.05) is 49.5 Å². The lowest BCUT2D eigenvalue weighted by molar-refractivity contribution is 0.311. The predicted octanol–water partition coefficient (Wildman–Crippen LogP) is 5.68. The Labute approximate surface area is 207 Å². The zero-order valence-corrected chi connectivity index (χ0v) is 21.2. The van der Waals surface area contributed by atoms with Gasteiger partial charge in [-0.05, 0) is 61.9 Å². The van der Waals surface area contributed by atoms with Crippen molar-refractivity contribution in [2.45, 2.75) is 20.0 Å². The number of aryl methyl sites for hydroxylation is 1. The maximum Gasteiger partial charge on any atom is 0.142 e. The van der Waals surface area contributed by atoms with Crippen LogP contribution in [-0.2, 0) is 0 Å². The number of rotatable bonds is 5. The lowest BCUT2D eigenvalue weighted by Gasteiger charge is -2.35. The van der Waals surface area contributed by atoms with Crippen LogP contribution in [0.15, 0.2) is 71.7 Å². The van der Waals surface area contributed by atoms with Crippen LogP contribution in [0, 0.1) is 6.92 Å². The molecule has 0 saturated carbocycles. The van der Waals surface area contributed by atoms with Gasteiger partial charge in [-0.3, -0.25) is 9.30 Å². The van der Waals surface area contributed by atoms with Gasteiger partial charge in [0, 0.05) is 43.7 Å². The number of anilines is 2. The average molecular weight is 473 g/mol. The van der Waals surface area contributed by atoms with Gasteiger partial charge in [-0.25, -0.2) is 0 Å². The zero-order chi connectivity index (χ0) is 23.7. The third kappa shape index (κ3) is 4.52. The highest BCUT2D eigenvalue weighted by molar-refractivity contribution is 8.15. The normalized spacial score (nSPS) is 18.8. The van der Waals surface area contributed by atoms with Crippen LogP contribution in [0.1, 0.15) is 18.1 Å². The number of ether oxygens (including phenoxy) is 1. The fourth-order valence-corrected chi connectivity index (χ4v) is 5.70. The van der Waals surface area contributed by atoms with Gasteiger partial charge in [0.1, 0.15) is 17.0 Å². The van der Waals surface area contributed by atoms with Gasteiger partial charge < -0.3 is 14.5 Å². The van der Waals surface area contributed by atoms with Gasteiger partial charge in [0.25, 0.3) is 0 Å². The highest BCUT2D eigenvalue weighted by Gasteiger charge is 2.27. The Balaban J connectivity index is 1.38. The van der Waals surface area contributed by atoms with E-state index in [4.69, 9.17) is 9.73 Å². The average Bonchev–Trinajstić information content (AvgIpc) is 3.26. The summed E-state index contributed by atoms with van der Waals surface area (Å²) in [6, 6.07) is 23.7. The summed E-state index contributed by atoms with van der Waals surface area (Å²) in [5.74, 6) is 0.929. The van der Waals surface area contributed by atoms with Crippen LogP contribution >= 0.6 is 11.9 Å². The standard InChI is InChI=1S/C28H32N4OS/c1-20-18-23(10-12-25(20)22-8-6-5-7-9-22)28-29-21(2)32(34-28)24-11-13-27(33-4)26(19-24)31-16-14-30(3)15-17-31/h5-13,18-19,21H,14-17H2,1-4H3. The van der Waals surface area contributed by atoms with Crippen LogP contribution in [0.3, 0.4) is 0 Å². The molecule has 34 heavy (non-hydrogen) atoms. The number of piperazine rings is 1. The first-order valence-corrected chi connectivity index (χ1v) is 12.6. The van der Waals surface area contributed by atoms with Crippen molar-refractivity contribution in [3.05, 3.63) is 77.9 Å². The second-order valence-corrected chi connectivity index (χ2v) is 9.99. The maximum atomic E-state index is 5.71. The number of methoxy groups -OCH3 is 1. The van der Waals surface area contributed by atoms with Crippen LogP contribution in [-0.4, -0.2) is 56.4 Å². The zero-order valence-electron chi connectivity index (χ0n) is 20.4. The molecule has 1 atom stereocenters. The summed E-state index contributed by atoms with van der Waals surface area (Å²) in [5, 5.41) is 1.06. The number of benzene rings is 3. The van der Waals surface area contributed by atoms with Crippen LogP contribution in [0.2, 0.25) is 0 Å². The Bertz CT molecular complexity index is 1190. The molecule has 0 bridgehead atoms. The first-order valence-electron chi connectivity index (χ1n) is 11.9. The summed E-state index contributed by atoms with van der Waals surface area (Å²) in [7, 11) is 3.94. The molecule has 0 amide bonds. The minimum atomic E-state index is 0.0582. The largest absolute Gasteiger partial charge is 0.495 e. The Morgan fingerprint density at radius 2 is 1.68 bits per heavy atom. The van der Waals surface area contributed by atoms with Gasteiger partial charge in [-0.15, -0.1) is 0 Å². The molecule has 0 aromatic heterocycles. The first kappa shape index (κ1) is 22.8. The summed E-state index contributed by atoms with van der Waals surface area (Å²) >= 11 is 1.72. The Morgan fingerprint density at radius 1 is 0.912 bits per heavy atom. The molecule has 0 aliphatic carbocycles. The minimum Gasteiger partial charge on any atom is -0.495 e. The monoisotopic (exact) mass is 472 g/mol. The molecular formula is C28H32N4OS. The van der Waals surface area contributed by atoms with Crippen LogP contribution in [0.25, 0.3) is 11.1 Å². The van der Waals surface area contributed by atoms with Crippen molar-refractivity contribution in [3.8, 4) is 16.9 Å². The fraction of sp³-hybridized carbons (Fsp3) is 0.321. The molecule has 5 nitrogen and oxygen atoms in total. The number of nitrogens with zero attached hydrogens (tertiary/aromatic N) is 4. The topological polar surface area (TPSA) is 31.3 Å². The van der Waals surface area contributed by atoms with Gasteiger partial charge in [0.2, 0.25) is 0 Å². The van der Waals surface area contributed by atoms with E-state index in [1.807, 2.05) is 0 Å². The van der Waals surface area contributed by atoms with E-state index in [1.165, 1.54) is 22.3 Å². The van der Waals surface area contributed by atoms with E-state index in [2.05, 4.69) is 102 Å². The summed E-state index contributed by atoms with van der Waals surface area (Å²) in [5.41, 5.74) is 7.27. The molecule has 0 N–H and O–H groups in total. The van der Waals surface area contributed by atoms with Gasteiger partial charge in [0.05, 0.1) is 18.5 Å². The van der Waals surface area contributed by atoms with Gasteiger partial charge in [-0.1, -0.05) is 42.5 Å². The highest BCUT2D eigenvalue weighted by atomic mass is 32.2. The van der Waals surface area contributed by atoms with Crippen LogP contribution < -0.4 is 13.9 Å². The van der Waals surface area contributed by atoms with Crippen LogP contribution in [0.4, 0.5) is 11.4 Å². The van der Waals surface area contributed by atoms with E-state index in [0.717, 1.165) is 48.3 Å². The molecule has 3 aromatic rings. The number of likely N-dealkylation sites (N-methyl/N-ethyl adjacent to an activating group) is 1. The van der Waals surface area contributed by atoms with E-state index >= 15 is 0 Å².